The Labute approximate surface area is 81.1 Å². The number of carbonyl (C=O) groups is 1. The molecule has 0 rings (SSSR count). The van der Waals surface area contributed by atoms with E-state index in [9.17, 15) is 4.79 Å². The SMILES string of the molecule is CC(C)(C)CC(C)(C)NC(=O)CN. The highest BCUT2D eigenvalue weighted by Gasteiger charge is 2.26. The van der Waals surface area contributed by atoms with Crippen molar-refractivity contribution < 1.29 is 4.79 Å². The molecule has 0 aromatic rings. The van der Waals surface area contributed by atoms with Gasteiger partial charge >= 0.3 is 0 Å². The molecular weight excluding hydrogens is 164 g/mol. The van der Waals surface area contributed by atoms with Crippen LogP contribution < -0.4 is 11.1 Å². The van der Waals surface area contributed by atoms with Crippen LogP contribution in [-0.2, 0) is 4.79 Å². The standard InChI is InChI=1S/C10H22N2O/c1-9(2,3)7-10(4,5)12-8(13)6-11/h6-7,11H2,1-5H3,(H,12,13). The van der Waals surface area contributed by atoms with Crippen LogP contribution in [-0.4, -0.2) is 18.0 Å². The molecule has 0 unspecified atom stereocenters. The van der Waals surface area contributed by atoms with Gasteiger partial charge in [0.15, 0.2) is 0 Å². The van der Waals surface area contributed by atoms with Gasteiger partial charge in [-0.3, -0.25) is 4.79 Å². The van der Waals surface area contributed by atoms with Crippen LogP contribution in [0.3, 0.4) is 0 Å². The molecule has 0 aliphatic rings. The molecule has 3 nitrogen and oxygen atoms in total. The predicted molar refractivity (Wildman–Crippen MR) is 55.3 cm³/mol. The average molecular weight is 186 g/mol. The van der Waals surface area contributed by atoms with Crippen molar-refractivity contribution in [2.45, 2.75) is 46.6 Å². The topological polar surface area (TPSA) is 55.1 Å². The molecule has 0 bridgehead atoms. The van der Waals surface area contributed by atoms with Gasteiger partial charge in [-0.1, -0.05) is 20.8 Å². The summed E-state index contributed by atoms with van der Waals surface area (Å²) in [4.78, 5) is 11.1. The number of hydrogen-bond donors (Lipinski definition) is 2. The van der Waals surface area contributed by atoms with Gasteiger partial charge in [-0.25, -0.2) is 0 Å². The Balaban J connectivity index is 4.16. The Morgan fingerprint density at radius 3 is 2.00 bits per heavy atom. The third-order valence-corrected chi connectivity index (χ3v) is 1.64. The summed E-state index contributed by atoms with van der Waals surface area (Å²) in [5, 5.41) is 2.90. The lowest BCUT2D eigenvalue weighted by molar-refractivity contribution is -0.121. The van der Waals surface area contributed by atoms with Crippen LogP contribution in [0.4, 0.5) is 0 Å². The molecule has 0 saturated carbocycles. The fourth-order valence-electron chi connectivity index (χ4n) is 1.80. The van der Waals surface area contributed by atoms with Crippen molar-refractivity contribution in [2.24, 2.45) is 11.1 Å². The zero-order chi connectivity index (χ0) is 10.7. The second kappa shape index (κ2) is 4.09. The highest BCUT2D eigenvalue weighted by molar-refractivity contribution is 5.78. The molecule has 3 heteroatoms. The number of carbonyl (C=O) groups excluding carboxylic acids is 1. The average Bonchev–Trinajstić information content (AvgIpc) is 1.80. The lowest BCUT2D eigenvalue weighted by Crippen LogP contribution is -2.47. The molecule has 1 amide bonds. The van der Waals surface area contributed by atoms with Crippen LogP contribution in [0.2, 0.25) is 0 Å². The molecule has 0 aliphatic heterocycles. The number of nitrogens with two attached hydrogens (primary N) is 1. The lowest BCUT2D eigenvalue weighted by Gasteiger charge is -2.33. The van der Waals surface area contributed by atoms with Gasteiger partial charge in [-0.15, -0.1) is 0 Å². The summed E-state index contributed by atoms with van der Waals surface area (Å²) in [7, 11) is 0. The molecule has 0 heterocycles. The molecule has 0 fully saturated rings. The second-order valence-electron chi connectivity index (χ2n) is 5.37. The van der Waals surface area contributed by atoms with Crippen molar-refractivity contribution >= 4 is 5.91 Å². The van der Waals surface area contributed by atoms with Crippen LogP contribution in [0.25, 0.3) is 0 Å². The predicted octanol–water partition coefficient (Wildman–Crippen LogP) is 1.28. The quantitative estimate of drug-likeness (QED) is 0.697. The number of amides is 1. The summed E-state index contributed by atoms with van der Waals surface area (Å²) in [5.74, 6) is -0.0887. The summed E-state index contributed by atoms with van der Waals surface area (Å²) in [5.41, 5.74) is 5.27. The van der Waals surface area contributed by atoms with E-state index >= 15 is 0 Å². The van der Waals surface area contributed by atoms with Crippen LogP contribution in [0.15, 0.2) is 0 Å². The molecule has 3 N–H and O–H groups in total. The van der Waals surface area contributed by atoms with E-state index in [0.717, 1.165) is 6.42 Å². The summed E-state index contributed by atoms with van der Waals surface area (Å²) < 4.78 is 0. The normalized spacial score (nSPS) is 12.8. The Bertz CT molecular complexity index is 180. The highest BCUT2D eigenvalue weighted by atomic mass is 16.1. The molecule has 0 aromatic heterocycles. The largest absolute Gasteiger partial charge is 0.350 e. The van der Waals surface area contributed by atoms with E-state index in [1.165, 1.54) is 0 Å². The summed E-state index contributed by atoms with van der Waals surface area (Å²) in [6.45, 7) is 10.6. The van der Waals surface area contributed by atoms with Gasteiger partial charge in [-0.2, -0.15) is 0 Å². The second-order valence-corrected chi connectivity index (χ2v) is 5.37. The number of rotatable bonds is 3. The van der Waals surface area contributed by atoms with Crippen LogP contribution in [0.5, 0.6) is 0 Å². The molecule has 0 atom stereocenters. The Morgan fingerprint density at radius 1 is 1.23 bits per heavy atom. The van der Waals surface area contributed by atoms with Crippen LogP contribution >= 0.6 is 0 Å². The third-order valence-electron chi connectivity index (χ3n) is 1.64. The Hall–Kier alpha value is -0.570. The zero-order valence-corrected chi connectivity index (χ0v) is 9.40. The first-order valence-electron chi connectivity index (χ1n) is 4.67. The van der Waals surface area contributed by atoms with Crippen molar-refractivity contribution in [3.8, 4) is 0 Å². The molecule has 0 aliphatic carbocycles. The molecule has 0 aromatic carbocycles. The first-order valence-corrected chi connectivity index (χ1v) is 4.67. The minimum atomic E-state index is -0.172. The van der Waals surface area contributed by atoms with Crippen molar-refractivity contribution in [1.82, 2.24) is 5.32 Å². The summed E-state index contributed by atoms with van der Waals surface area (Å²) in [6, 6.07) is 0. The maximum Gasteiger partial charge on any atom is 0.234 e. The van der Waals surface area contributed by atoms with E-state index in [4.69, 9.17) is 5.73 Å². The van der Waals surface area contributed by atoms with Crippen molar-refractivity contribution in [2.75, 3.05) is 6.54 Å². The molecule has 13 heavy (non-hydrogen) atoms. The van der Waals surface area contributed by atoms with E-state index in [1.54, 1.807) is 0 Å². The summed E-state index contributed by atoms with van der Waals surface area (Å²) in [6.07, 6.45) is 0.936. The van der Waals surface area contributed by atoms with Gasteiger partial charge in [0.25, 0.3) is 0 Å². The van der Waals surface area contributed by atoms with Crippen LogP contribution in [0.1, 0.15) is 41.0 Å². The minimum absolute atomic E-state index is 0.0631. The van der Waals surface area contributed by atoms with Crippen molar-refractivity contribution in [3.05, 3.63) is 0 Å². The van der Waals surface area contributed by atoms with Crippen LogP contribution in [0, 0.1) is 5.41 Å². The van der Waals surface area contributed by atoms with Crippen molar-refractivity contribution in [3.63, 3.8) is 0 Å². The minimum Gasteiger partial charge on any atom is -0.350 e. The van der Waals surface area contributed by atoms with Gasteiger partial charge in [0.2, 0.25) is 5.91 Å². The molecule has 0 spiro atoms. The smallest absolute Gasteiger partial charge is 0.234 e. The van der Waals surface area contributed by atoms with Gasteiger partial charge in [0, 0.05) is 5.54 Å². The molecule has 78 valence electrons. The molecule has 0 saturated heterocycles. The molecular formula is C10H22N2O. The number of hydrogen-bond acceptors (Lipinski definition) is 2. The Morgan fingerprint density at radius 2 is 1.69 bits per heavy atom. The monoisotopic (exact) mass is 186 g/mol. The van der Waals surface area contributed by atoms with E-state index in [0.29, 0.717) is 0 Å². The molecule has 0 radical (unpaired) electrons. The zero-order valence-electron chi connectivity index (χ0n) is 9.40. The van der Waals surface area contributed by atoms with E-state index in [2.05, 4.69) is 26.1 Å². The van der Waals surface area contributed by atoms with Crippen molar-refractivity contribution in [1.29, 1.82) is 0 Å². The summed E-state index contributed by atoms with van der Waals surface area (Å²) >= 11 is 0. The first kappa shape index (κ1) is 12.4. The highest BCUT2D eigenvalue weighted by Crippen LogP contribution is 2.26. The first-order chi connectivity index (χ1) is 5.66. The van der Waals surface area contributed by atoms with Gasteiger partial charge in [0.05, 0.1) is 6.54 Å². The lowest BCUT2D eigenvalue weighted by atomic mass is 9.82. The fourth-order valence-corrected chi connectivity index (χ4v) is 1.80. The fraction of sp³-hybridized carbons (Fsp3) is 0.900. The van der Waals surface area contributed by atoms with E-state index in [-0.39, 0.29) is 23.4 Å². The maximum absolute atomic E-state index is 11.1. The number of nitrogens with one attached hydrogen (secondary N) is 1. The third kappa shape index (κ3) is 6.58. The van der Waals surface area contributed by atoms with E-state index in [1.807, 2.05) is 13.8 Å². The maximum atomic E-state index is 11.1. The Kier molecular flexibility index (Phi) is 3.91. The van der Waals surface area contributed by atoms with Gasteiger partial charge in [-0.05, 0) is 25.7 Å². The van der Waals surface area contributed by atoms with Gasteiger partial charge < -0.3 is 11.1 Å². The van der Waals surface area contributed by atoms with Gasteiger partial charge in [0.1, 0.15) is 0 Å². The van der Waals surface area contributed by atoms with E-state index < -0.39 is 0 Å².